The lowest BCUT2D eigenvalue weighted by Crippen LogP contribution is -2.56. The fourth-order valence-electron chi connectivity index (χ4n) is 4.63. The van der Waals surface area contributed by atoms with Crippen LogP contribution >= 0.6 is 0 Å². The van der Waals surface area contributed by atoms with E-state index in [-0.39, 0.29) is 18.2 Å². The summed E-state index contributed by atoms with van der Waals surface area (Å²) in [4.78, 5) is 32.1. The Morgan fingerprint density at radius 3 is 0.867 bits per heavy atom. The molecule has 1 aliphatic rings. The number of nitrogens with zero attached hydrogens (tertiary/aromatic N) is 6. The first-order valence-electron chi connectivity index (χ1n) is 12.0. The van der Waals surface area contributed by atoms with Crippen molar-refractivity contribution in [3.05, 3.63) is 102 Å². The monoisotopic (exact) mass is 654 g/mol. The molecule has 1 fully saturated rings. The maximum atomic E-state index is 14.1. The van der Waals surface area contributed by atoms with Crippen molar-refractivity contribution in [1.29, 1.82) is 0 Å². The van der Waals surface area contributed by atoms with Crippen LogP contribution in [-0.4, -0.2) is 34.8 Å². The van der Waals surface area contributed by atoms with Crippen LogP contribution in [0.2, 0.25) is 0 Å². The zero-order chi connectivity index (χ0) is 33.6. The third-order valence-corrected chi connectivity index (χ3v) is 6.54. The van der Waals surface area contributed by atoms with Gasteiger partial charge in [0.2, 0.25) is 0 Å². The summed E-state index contributed by atoms with van der Waals surface area (Å²) in [6, 6.07) is 4.20. The van der Waals surface area contributed by atoms with Gasteiger partial charge in [0.25, 0.3) is 17.1 Å². The maximum absolute atomic E-state index is 14.1. The van der Waals surface area contributed by atoms with Gasteiger partial charge in [-0.2, -0.15) is 39.5 Å². The minimum atomic E-state index is -5.29. The third-order valence-electron chi connectivity index (χ3n) is 6.54. The lowest BCUT2D eigenvalue weighted by atomic mass is 10.1. The molecule has 0 radical (unpaired) electrons. The molecule has 3 aromatic carbocycles. The Kier molecular flexibility index (Phi) is 8.16. The van der Waals surface area contributed by atoms with Crippen molar-refractivity contribution < 1.29 is 54.3 Å². The van der Waals surface area contributed by atoms with Gasteiger partial charge in [-0.1, -0.05) is 0 Å². The molecule has 0 aromatic heterocycles. The summed E-state index contributed by atoms with van der Waals surface area (Å²) in [6.45, 7) is -2.65. The molecule has 0 unspecified atom stereocenters. The summed E-state index contributed by atoms with van der Waals surface area (Å²) >= 11 is 0. The van der Waals surface area contributed by atoms with E-state index in [1.807, 2.05) is 0 Å². The molecule has 0 atom stereocenters. The number of nitro groups is 3. The second kappa shape index (κ2) is 11.3. The summed E-state index contributed by atoms with van der Waals surface area (Å²) in [5, 5.41) is 33.5. The van der Waals surface area contributed by atoms with Gasteiger partial charge in [0.05, 0.1) is 68.5 Å². The number of hydrogen-bond donors (Lipinski definition) is 0. The highest BCUT2D eigenvalue weighted by Crippen LogP contribution is 2.44. The maximum Gasteiger partial charge on any atom is 0.418 e. The second-order valence-corrected chi connectivity index (χ2v) is 9.41. The quantitative estimate of drug-likeness (QED) is 0.154. The van der Waals surface area contributed by atoms with Crippen LogP contribution in [0.25, 0.3) is 0 Å². The summed E-state index contributed by atoms with van der Waals surface area (Å²) in [7, 11) is 0. The van der Waals surface area contributed by atoms with Crippen LogP contribution in [0.4, 0.5) is 73.6 Å². The van der Waals surface area contributed by atoms with Gasteiger partial charge in [0.1, 0.15) is 0 Å². The van der Waals surface area contributed by atoms with Gasteiger partial charge in [0.15, 0.2) is 0 Å². The largest absolute Gasteiger partial charge is 0.418 e. The summed E-state index contributed by atoms with van der Waals surface area (Å²) < 4.78 is 127. The number of nitro benzene ring substituents is 3. The number of non-ortho nitro benzene ring substituents is 3. The molecule has 3 aromatic rings. The molecule has 0 aliphatic carbocycles. The Bertz CT molecular complexity index is 1480. The molecule has 0 saturated carbocycles. The Labute approximate surface area is 243 Å². The first-order valence-corrected chi connectivity index (χ1v) is 12.0. The molecule has 1 saturated heterocycles. The number of benzene rings is 3. The average molecular weight is 654 g/mol. The van der Waals surface area contributed by atoms with Crippen LogP contribution in [-0.2, 0) is 18.5 Å². The number of alkyl halides is 9. The van der Waals surface area contributed by atoms with E-state index in [0.717, 1.165) is 0 Å². The van der Waals surface area contributed by atoms with E-state index in [0.29, 0.717) is 51.1 Å². The molecule has 0 N–H and O–H groups in total. The molecule has 1 heterocycles. The molecule has 1 aliphatic heterocycles. The van der Waals surface area contributed by atoms with Crippen LogP contribution in [0.1, 0.15) is 16.7 Å². The number of rotatable bonds is 6. The molecule has 240 valence electrons. The Morgan fingerprint density at radius 2 is 0.689 bits per heavy atom. The molecule has 12 nitrogen and oxygen atoms in total. The second-order valence-electron chi connectivity index (χ2n) is 9.41. The van der Waals surface area contributed by atoms with Gasteiger partial charge < -0.3 is 14.7 Å². The van der Waals surface area contributed by atoms with Crippen molar-refractivity contribution in [3.8, 4) is 0 Å². The zero-order valence-electron chi connectivity index (χ0n) is 21.9. The summed E-state index contributed by atoms with van der Waals surface area (Å²) in [5.41, 5.74) is -10.6. The zero-order valence-corrected chi connectivity index (χ0v) is 21.9. The predicted octanol–water partition coefficient (Wildman–Crippen LogP) is 7.17. The Balaban J connectivity index is 1.96. The van der Waals surface area contributed by atoms with Crippen molar-refractivity contribution in [1.82, 2.24) is 0 Å². The van der Waals surface area contributed by atoms with Crippen molar-refractivity contribution in [3.63, 3.8) is 0 Å². The first kappa shape index (κ1) is 32.5. The number of anilines is 3. The smallest absolute Gasteiger partial charge is 0.335 e. The number of halogens is 9. The van der Waals surface area contributed by atoms with E-state index in [2.05, 4.69) is 0 Å². The minimum Gasteiger partial charge on any atom is -0.335 e. The van der Waals surface area contributed by atoms with Crippen LogP contribution in [0.5, 0.6) is 0 Å². The standard InChI is InChI=1S/C24H15F9N6O6/c25-22(26,27)16-7-13(37(40)41)1-4-19(16)34-10-35(20-5-2-14(38(42)43)8-17(20)23(28,29)30)12-36(11-34)21-6-3-15(39(44)45)9-18(21)24(31,32)33/h1-9H,10-12H2. The Hall–Kier alpha value is -5.37. The SMILES string of the molecule is O=[N+]([O-])c1ccc(N2CN(c3ccc([N+](=O)[O-])cc3C(F)(F)F)CN(c3ccc([N+](=O)[O-])cc3C(F)(F)F)C2)c(C(F)(F)F)c1. The highest BCUT2D eigenvalue weighted by molar-refractivity contribution is 5.68. The fourth-order valence-corrected chi connectivity index (χ4v) is 4.63. The minimum absolute atomic E-state index is 0.138. The lowest BCUT2D eigenvalue weighted by molar-refractivity contribution is -0.385. The van der Waals surface area contributed by atoms with Crippen LogP contribution in [0.15, 0.2) is 54.6 Å². The highest BCUT2D eigenvalue weighted by atomic mass is 19.4. The highest BCUT2D eigenvalue weighted by Gasteiger charge is 2.43. The van der Waals surface area contributed by atoms with E-state index in [9.17, 15) is 69.9 Å². The Morgan fingerprint density at radius 1 is 0.467 bits per heavy atom. The van der Waals surface area contributed by atoms with Crippen LogP contribution in [0, 0.1) is 30.3 Å². The normalized spacial score (nSPS) is 14.5. The molecule has 0 spiro atoms. The number of hydrogen-bond acceptors (Lipinski definition) is 9. The van der Waals surface area contributed by atoms with Crippen LogP contribution in [0.3, 0.4) is 0 Å². The molecule has 0 bridgehead atoms. The molecule has 21 heteroatoms. The van der Waals surface area contributed by atoms with Gasteiger partial charge in [-0.05, 0) is 18.2 Å². The van der Waals surface area contributed by atoms with Gasteiger partial charge in [-0.15, -0.1) is 0 Å². The average Bonchev–Trinajstić information content (AvgIpc) is 2.94. The summed E-state index contributed by atoms with van der Waals surface area (Å²) in [5.74, 6) is 0. The molecule has 4 rings (SSSR count). The van der Waals surface area contributed by atoms with Gasteiger partial charge in [0, 0.05) is 36.4 Å². The molecule has 0 amide bonds. The van der Waals surface area contributed by atoms with E-state index in [4.69, 9.17) is 0 Å². The van der Waals surface area contributed by atoms with Crippen molar-refractivity contribution >= 4 is 34.1 Å². The van der Waals surface area contributed by atoms with Gasteiger partial charge >= 0.3 is 18.5 Å². The molecule has 45 heavy (non-hydrogen) atoms. The fraction of sp³-hybridized carbons (Fsp3) is 0.250. The van der Waals surface area contributed by atoms with Gasteiger partial charge in [-0.25, -0.2) is 0 Å². The van der Waals surface area contributed by atoms with Crippen molar-refractivity contribution in [2.24, 2.45) is 0 Å². The first-order chi connectivity index (χ1) is 20.7. The van der Waals surface area contributed by atoms with Gasteiger partial charge in [-0.3, -0.25) is 30.3 Å². The predicted molar refractivity (Wildman–Crippen MR) is 136 cm³/mol. The van der Waals surface area contributed by atoms with Crippen molar-refractivity contribution in [2.75, 3.05) is 34.7 Å². The van der Waals surface area contributed by atoms with E-state index in [1.165, 1.54) is 0 Å². The van der Waals surface area contributed by atoms with Crippen LogP contribution < -0.4 is 14.7 Å². The van der Waals surface area contributed by atoms with E-state index in [1.54, 1.807) is 0 Å². The molecular formula is C24H15F9N6O6. The lowest BCUT2D eigenvalue weighted by Gasteiger charge is -2.46. The third kappa shape index (κ3) is 6.75. The van der Waals surface area contributed by atoms with E-state index >= 15 is 0 Å². The van der Waals surface area contributed by atoms with Crippen molar-refractivity contribution in [2.45, 2.75) is 18.5 Å². The van der Waals surface area contributed by atoms with E-state index < -0.39 is 104 Å². The topological polar surface area (TPSA) is 139 Å². The molecular weight excluding hydrogens is 639 g/mol. The summed E-state index contributed by atoms with van der Waals surface area (Å²) in [6.07, 6.45) is -15.9.